The minimum atomic E-state index is -2.81. The summed E-state index contributed by atoms with van der Waals surface area (Å²) in [6.07, 6.45) is 4.53. The second kappa shape index (κ2) is 5.68. The van der Waals surface area contributed by atoms with Gasteiger partial charge in [0.05, 0.1) is 24.2 Å². The summed E-state index contributed by atoms with van der Waals surface area (Å²) in [7, 11) is -2.81. The molecule has 0 aromatic rings. The molecule has 19 heavy (non-hydrogen) atoms. The summed E-state index contributed by atoms with van der Waals surface area (Å²) in [6, 6.07) is 0.755. The highest BCUT2D eigenvalue weighted by Gasteiger charge is 2.32. The lowest BCUT2D eigenvalue weighted by atomic mass is 10.1. The molecule has 3 saturated heterocycles. The van der Waals surface area contributed by atoms with Gasteiger partial charge in [-0.3, -0.25) is 4.90 Å². The molecule has 6 heteroatoms. The summed E-state index contributed by atoms with van der Waals surface area (Å²) in [4.78, 5) is 2.52. The maximum Gasteiger partial charge on any atom is 0.151 e. The van der Waals surface area contributed by atoms with E-state index in [0.29, 0.717) is 17.5 Å². The monoisotopic (exact) mass is 288 g/mol. The van der Waals surface area contributed by atoms with Gasteiger partial charge in [0.25, 0.3) is 0 Å². The molecule has 0 bridgehead atoms. The van der Waals surface area contributed by atoms with Gasteiger partial charge in [-0.15, -0.1) is 0 Å². The van der Waals surface area contributed by atoms with Gasteiger partial charge in [-0.25, -0.2) is 8.42 Å². The lowest BCUT2D eigenvalue weighted by molar-refractivity contribution is -0.0477. The number of nitrogens with one attached hydrogen (secondary N) is 1. The van der Waals surface area contributed by atoms with Gasteiger partial charge >= 0.3 is 0 Å². The molecule has 0 saturated carbocycles. The molecule has 3 aliphatic heterocycles. The Morgan fingerprint density at radius 3 is 3.00 bits per heavy atom. The topological polar surface area (TPSA) is 58.6 Å². The molecule has 3 atom stereocenters. The molecular formula is C13H24N2O3S. The van der Waals surface area contributed by atoms with Crippen molar-refractivity contribution >= 4 is 9.84 Å². The number of nitrogens with zero attached hydrogens (tertiary/aromatic N) is 1. The summed E-state index contributed by atoms with van der Waals surface area (Å²) in [6.45, 7) is 3.82. The van der Waals surface area contributed by atoms with Crippen LogP contribution in [0.4, 0.5) is 0 Å². The molecule has 0 aliphatic carbocycles. The van der Waals surface area contributed by atoms with Gasteiger partial charge in [-0.2, -0.15) is 0 Å². The average molecular weight is 288 g/mol. The minimum absolute atomic E-state index is 0.124. The molecule has 0 aromatic carbocycles. The van der Waals surface area contributed by atoms with Gasteiger partial charge in [-0.05, 0) is 32.2 Å². The molecule has 3 rings (SSSR count). The Morgan fingerprint density at radius 2 is 2.16 bits per heavy atom. The molecule has 0 radical (unpaired) electrons. The van der Waals surface area contributed by atoms with Crippen molar-refractivity contribution in [2.75, 3.05) is 37.7 Å². The van der Waals surface area contributed by atoms with Crippen molar-refractivity contribution in [3.05, 3.63) is 0 Å². The van der Waals surface area contributed by atoms with E-state index in [1.165, 1.54) is 19.4 Å². The SMILES string of the molecule is O=S1(=O)CCCC(NCC2CN3CCCC3CO2)C1. The van der Waals surface area contributed by atoms with E-state index in [0.717, 1.165) is 32.5 Å². The van der Waals surface area contributed by atoms with Crippen molar-refractivity contribution in [3.8, 4) is 0 Å². The largest absolute Gasteiger partial charge is 0.374 e. The lowest BCUT2D eigenvalue weighted by Crippen LogP contribution is -2.51. The number of hydrogen-bond acceptors (Lipinski definition) is 5. The number of morpholine rings is 1. The quantitative estimate of drug-likeness (QED) is 0.793. The van der Waals surface area contributed by atoms with E-state index in [1.54, 1.807) is 0 Å². The molecular weight excluding hydrogens is 264 g/mol. The highest BCUT2D eigenvalue weighted by molar-refractivity contribution is 7.91. The van der Waals surface area contributed by atoms with Crippen LogP contribution >= 0.6 is 0 Å². The molecule has 0 amide bonds. The second-order valence-corrected chi connectivity index (χ2v) is 8.34. The lowest BCUT2D eigenvalue weighted by Gasteiger charge is -2.36. The normalized spacial score (nSPS) is 39.1. The van der Waals surface area contributed by atoms with E-state index in [-0.39, 0.29) is 12.1 Å². The van der Waals surface area contributed by atoms with Gasteiger partial charge in [0.1, 0.15) is 0 Å². The Kier molecular flexibility index (Phi) is 4.12. The van der Waals surface area contributed by atoms with Crippen LogP contribution in [-0.2, 0) is 14.6 Å². The first kappa shape index (κ1) is 13.8. The van der Waals surface area contributed by atoms with Crippen LogP contribution in [0.1, 0.15) is 25.7 Å². The van der Waals surface area contributed by atoms with Crippen LogP contribution in [0.25, 0.3) is 0 Å². The highest BCUT2D eigenvalue weighted by atomic mass is 32.2. The summed E-state index contributed by atoms with van der Waals surface area (Å²) in [5.41, 5.74) is 0. The first-order chi connectivity index (χ1) is 9.12. The minimum Gasteiger partial charge on any atom is -0.374 e. The van der Waals surface area contributed by atoms with Crippen LogP contribution < -0.4 is 5.32 Å². The van der Waals surface area contributed by atoms with Crippen molar-refractivity contribution in [2.24, 2.45) is 0 Å². The molecule has 3 heterocycles. The second-order valence-electron chi connectivity index (χ2n) is 6.11. The Bertz CT molecular complexity index is 412. The standard InChI is InChI=1S/C13H24N2O3S/c16-19(17)6-2-3-11(10-19)14-7-13-8-15-5-1-4-12(15)9-18-13/h11-14H,1-10H2. The maximum atomic E-state index is 11.6. The zero-order chi connectivity index (χ0) is 13.3. The number of sulfone groups is 1. The van der Waals surface area contributed by atoms with Crippen LogP contribution in [0.15, 0.2) is 0 Å². The van der Waals surface area contributed by atoms with Crippen LogP contribution in [-0.4, -0.2) is 69.3 Å². The smallest absolute Gasteiger partial charge is 0.151 e. The first-order valence-corrected chi connectivity index (χ1v) is 9.24. The van der Waals surface area contributed by atoms with Gasteiger partial charge in [0, 0.05) is 25.2 Å². The Hall–Kier alpha value is -0.170. The average Bonchev–Trinajstić information content (AvgIpc) is 2.82. The summed E-state index contributed by atoms with van der Waals surface area (Å²) >= 11 is 0. The van der Waals surface area contributed by atoms with E-state index < -0.39 is 9.84 Å². The fourth-order valence-corrected chi connectivity index (χ4v) is 5.16. The number of rotatable bonds is 3. The van der Waals surface area contributed by atoms with E-state index >= 15 is 0 Å². The molecule has 3 aliphatic rings. The molecule has 5 nitrogen and oxygen atoms in total. The van der Waals surface area contributed by atoms with E-state index in [4.69, 9.17) is 4.74 Å². The zero-order valence-electron chi connectivity index (χ0n) is 11.4. The van der Waals surface area contributed by atoms with Crippen LogP contribution in [0, 0.1) is 0 Å². The number of hydrogen-bond donors (Lipinski definition) is 1. The van der Waals surface area contributed by atoms with E-state index in [2.05, 4.69) is 10.2 Å². The highest BCUT2D eigenvalue weighted by Crippen LogP contribution is 2.22. The Morgan fingerprint density at radius 1 is 1.26 bits per heavy atom. The van der Waals surface area contributed by atoms with E-state index in [1.807, 2.05) is 0 Å². The van der Waals surface area contributed by atoms with Gasteiger partial charge in [-0.1, -0.05) is 0 Å². The number of fused-ring (bicyclic) bond motifs is 1. The molecule has 3 unspecified atom stereocenters. The summed E-state index contributed by atoms with van der Waals surface area (Å²) in [5.74, 6) is 0.659. The third-order valence-corrected chi connectivity index (χ3v) is 6.38. The predicted molar refractivity (Wildman–Crippen MR) is 74.0 cm³/mol. The molecule has 3 fully saturated rings. The van der Waals surface area contributed by atoms with Crippen molar-refractivity contribution in [2.45, 2.75) is 43.9 Å². The fourth-order valence-electron chi connectivity index (χ4n) is 3.49. The molecule has 0 aromatic heterocycles. The Labute approximate surface area is 115 Å². The predicted octanol–water partition coefficient (Wildman–Crippen LogP) is 0.0164. The van der Waals surface area contributed by atoms with Crippen LogP contribution in [0.2, 0.25) is 0 Å². The fraction of sp³-hybridized carbons (Fsp3) is 1.00. The van der Waals surface area contributed by atoms with Gasteiger partial charge in [0.15, 0.2) is 9.84 Å². The van der Waals surface area contributed by atoms with E-state index in [9.17, 15) is 8.42 Å². The van der Waals surface area contributed by atoms with Gasteiger partial charge in [0.2, 0.25) is 0 Å². The maximum absolute atomic E-state index is 11.6. The van der Waals surface area contributed by atoms with Crippen molar-refractivity contribution in [3.63, 3.8) is 0 Å². The molecule has 0 spiro atoms. The van der Waals surface area contributed by atoms with Crippen LogP contribution in [0.5, 0.6) is 0 Å². The summed E-state index contributed by atoms with van der Waals surface area (Å²) in [5, 5.41) is 3.40. The third-order valence-electron chi connectivity index (χ3n) is 4.56. The summed E-state index contributed by atoms with van der Waals surface area (Å²) < 4.78 is 29.0. The Balaban J connectivity index is 1.45. The molecule has 110 valence electrons. The van der Waals surface area contributed by atoms with Crippen molar-refractivity contribution in [1.82, 2.24) is 10.2 Å². The number of ether oxygens (including phenoxy) is 1. The third kappa shape index (κ3) is 3.48. The first-order valence-electron chi connectivity index (χ1n) is 7.42. The van der Waals surface area contributed by atoms with Gasteiger partial charge < -0.3 is 10.1 Å². The van der Waals surface area contributed by atoms with Crippen molar-refractivity contribution < 1.29 is 13.2 Å². The zero-order valence-corrected chi connectivity index (χ0v) is 12.2. The molecule has 1 N–H and O–H groups in total. The van der Waals surface area contributed by atoms with Crippen LogP contribution in [0.3, 0.4) is 0 Å². The van der Waals surface area contributed by atoms with Crippen molar-refractivity contribution in [1.29, 1.82) is 0 Å².